The van der Waals surface area contributed by atoms with Gasteiger partial charge in [-0.3, -0.25) is 9.59 Å². The number of carbonyl (C=O) groups is 2. The highest BCUT2D eigenvalue weighted by molar-refractivity contribution is 6.31. The number of nitrogens with one attached hydrogen (secondary N) is 1. The lowest BCUT2D eigenvalue weighted by Gasteiger charge is -2.30. The zero-order valence-electron chi connectivity index (χ0n) is 18.4. The molecule has 2 amide bonds. The number of nitrogens with zero attached hydrogens (tertiary/aromatic N) is 1. The summed E-state index contributed by atoms with van der Waals surface area (Å²) in [5.41, 5.74) is 3.03. The van der Waals surface area contributed by atoms with Gasteiger partial charge in [0.05, 0.1) is 0 Å². The first-order valence-corrected chi connectivity index (χ1v) is 10.6. The fourth-order valence-corrected chi connectivity index (χ4v) is 3.09. The molecule has 0 saturated heterocycles. The van der Waals surface area contributed by atoms with Crippen LogP contribution in [0, 0.1) is 13.8 Å². The molecule has 0 aromatic heterocycles. The highest BCUT2D eigenvalue weighted by Crippen LogP contribution is 2.20. The number of rotatable bonds is 9. The van der Waals surface area contributed by atoms with E-state index >= 15 is 0 Å². The average Bonchev–Trinajstić information content (AvgIpc) is 2.73. The van der Waals surface area contributed by atoms with Crippen molar-refractivity contribution in [2.45, 2.75) is 59.7 Å². The Balaban J connectivity index is 2.18. The fraction of sp³-hybridized carbons (Fsp3) is 0.417. The number of aryl methyl sites for hydroxylation is 2. The van der Waals surface area contributed by atoms with Crippen LogP contribution >= 0.6 is 11.6 Å². The Morgan fingerprint density at radius 1 is 1.10 bits per heavy atom. The van der Waals surface area contributed by atoms with Crippen LogP contribution in [0.2, 0.25) is 5.02 Å². The largest absolute Gasteiger partial charge is 0.484 e. The van der Waals surface area contributed by atoms with Crippen molar-refractivity contribution in [1.29, 1.82) is 0 Å². The third-order valence-electron chi connectivity index (χ3n) is 5.31. The maximum atomic E-state index is 13.1. The van der Waals surface area contributed by atoms with Gasteiger partial charge in [0, 0.05) is 17.6 Å². The Labute approximate surface area is 184 Å². The number of ether oxygens (including phenoxy) is 1. The van der Waals surface area contributed by atoms with E-state index in [9.17, 15) is 9.59 Å². The predicted octanol–water partition coefficient (Wildman–Crippen LogP) is 4.67. The first-order chi connectivity index (χ1) is 14.2. The van der Waals surface area contributed by atoms with Crippen LogP contribution in [-0.2, 0) is 16.1 Å². The van der Waals surface area contributed by atoms with E-state index in [2.05, 4.69) is 5.32 Å². The van der Waals surface area contributed by atoms with Crippen molar-refractivity contribution in [3.05, 3.63) is 64.2 Å². The molecule has 0 aliphatic heterocycles. The molecule has 0 bridgehead atoms. The zero-order chi connectivity index (χ0) is 22.3. The second-order valence-electron chi connectivity index (χ2n) is 7.64. The van der Waals surface area contributed by atoms with Gasteiger partial charge in [0.15, 0.2) is 6.61 Å². The summed E-state index contributed by atoms with van der Waals surface area (Å²) >= 11 is 6.30. The summed E-state index contributed by atoms with van der Waals surface area (Å²) in [5, 5.41) is 3.50. The molecule has 2 aromatic carbocycles. The molecule has 5 nitrogen and oxygen atoms in total. The molecule has 30 heavy (non-hydrogen) atoms. The summed E-state index contributed by atoms with van der Waals surface area (Å²) in [6.45, 7) is 9.75. The second kappa shape index (κ2) is 11.0. The van der Waals surface area contributed by atoms with Crippen LogP contribution in [-0.4, -0.2) is 35.4 Å². The minimum Gasteiger partial charge on any atom is -0.484 e. The van der Waals surface area contributed by atoms with Gasteiger partial charge in [-0.1, -0.05) is 42.8 Å². The number of benzene rings is 2. The van der Waals surface area contributed by atoms with Gasteiger partial charge in [0.25, 0.3) is 5.91 Å². The number of hydrogen-bond acceptors (Lipinski definition) is 3. The van der Waals surface area contributed by atoms with Gasteiger partial charge in [0.2, 0.25) is 5.91 Å². The maximum absolute atomic E-state index is 13.1. The Hall–Kier alpha value is -2.53. The molecule has 0 spiro atoms. The van der Waals surface area contributed by atoms with Crippen molar-refractivity contribution in [3.8, 4) is 5.75 Å². The Morgan fingerprint density at radius 3 is 2.43 bits per heavy atom. The normalized spacial score (nSPS) is 12.7. The van der Waals surface area contributed by atoms with E-state index in [0.717, 1.165) is 23.1 Å². The van der Waals surface area contributed by atoms with Crippen molar-refractivity contribution in [1.82, 2.24) is 10.2 Å². The van der Waals surface area contributed by atoms with Crippen LogP contribution in [0.25, 0.3) is 0 Å². The van der Waals surface area contributed by atoms with E-state index in [1.807, 2.05) is 64.1 Å². The number of amides is 2. The highest BCUT2D eigenvalue weighted by atomic mass is 35.5. The summed E-state index contributed by atoms with van der Waals surface area (Å²) in [6.07, 6.45) is 0.812. The molecule has 1 N–H and O–H groups in total. The van der Waals surface area contributed by atoms with Crippen LogP contribution in [0.1, 0.15) is 43.9 Å². The smallest absolute Gasteiger partial charge is 0.261 e. The van der Waals surface area contributed by atoms with Crippen molar-refractivity contribution in [3.63, 3.8) is 0 Å². The molecule has 0 heterocycles. The molecule has 0 aliphatic carbocycles. The van der Waals surface area contributed by atoms with E-state index in [1.54, 1.807) is 13.0 Å². The van der Waals surface area contributed by atoms with Gasteiger partial charge < -0.3 is 15.0 Å². The van der Waals surface area contributed by atoms with Crippen molar-refractivity contribution < 1.29 is 14.3 Å². The van der Waals surface area contributed by atoms with E-state index in [-0.39, 0.29) is 31.0 Å². The summed E-state index contributed by atoms with van der Waals surface area (Å²) in [6, 6.07) is 12.4. The molecular weight excluding hydrogens is 400 g/mol. The Morgan fingerprint density at radius 2 is 1.80 bits per heavy atom. The third kappa shape index (κ3) is 6.49. The molecule has 0 unspecified atom stereocenters. The van der Waals surface area contributed by atoms with Crippen molar-refractivity contribution >= 4 is 23.4 Å². The predicted molar refractivity (Wildman–Crippen MR) is 121 cm³/mol. The summed E-state index contributed by atoms with van der Waals surface area (Å²) in [7, 11) is 0. The minimum absolute atomic E-state index is 0.0315. The lowest BCUT2D eigenvalue weighted by atomic mass is 10.1. The third-order valence-corrected chi connectivity index (χ3v) is 5.68. The van der Waals surface area contributed by atoms with Crippen LogP contribution in [0.15, 0.2) is 42.5 Å². The molecule has 2 aromatic rings. The van der Waals surface area contributed by atoms with E-state index < -0.39 is 6.04 Å². The van der Waals surface area contributed by atoms with Gasteiger partial charge in [-0.15, -0.1) is 0 Å². The highest BCUT2D eigenvalue weighted by Gasteiger charge is 2.27. The van der Waals surface area contributed by atoms with E-state index in [4.69, 9.17) is 16.3 Å². The van der Waals surface area contributed by atoms with Gasteiger partial charge in [-0.2, -0.15) is 0 Å². The summed E-state index contributed by atoms with van der Waals surface area (Å²) in [5.74, 6) is 0.150. The van der Waals surface area contributed by atoms with E-state index in [1.165, 1.54) is 4.90 Å². The number of hydrogen-bond donors (Lipinski definition) is 1. The molecule has 0 radical (unpaired) electrons. The molecule has 0 saturated carbocycles. The van der Waals surface area contributed by atoms with Crippen LogP contribution in [0.4, 0.5) is 0 Å². The van der Waals surface area contributed by atoms with Gasteiger partial charge in [-0.25, -0.2) is 0 Å². The van der Waals surface area contributed by atoms with E-state index in [0.29, 0.717) is 10.8 Å². The first kappa shape index (κ1) is 23.7. The number of carbonyl (C=O) groups excluding carboxylic acids is 2. The van der Waals surface area contributed by atoms with Crippen molar-refractivity contribution in [2.24, 2.45) is 0 Å². The monoisotopic (exact) mass is 430 g/mol. The lowest BCUT2D eigenvalue weighted by molar-refractivity contribution is -0.142. The number of halogens is 1. The molecule has 2 rings (SSSR count). The zero-order valence-corrected chi connectivity index (χ0v) is 19.1. The Kier molecular flexibility index (Phi) is 8.72. The second-order valence-corrected chi connectivity index (χ2v) is 8.05. The molecule has 2 atom stereocenters. The van der Waals surface area contributed by atoms with Crippen molar-refractivity contribution in [2.75, 3.05) is 6.61 Å². The van der Waals surface area contributed by atoms with Gasteiger partial charge >= 0.3 is 0 Å². The van der Waals surface area contributed by atoms with Crippen LogP contribution in [0.5, 0.6) is 5.75 Å². The minimum atomic E-state index is -0.661. The first-order valence-electron chi connectivity index (χ1n) is 10.3. The standard InChI is InChI=1S/C24H31ClN2O3/c1-6-18(4)26-24(29)19(5)27(14-20-9-7-8-10-22(20)25)23(28)15-30-21-12-11-16(2)17(3)13-21/h7-13,18-19H,6,14-15H2,1-5H3,(H,26,29)/t18-,19-/m1/s1. The molecule has 6 heteroatoms. The maximum Gasteiger partial charge on any atom is 0.261 e. The topological polar surface area (TPSA) is 58.6 Å². The van der Waals surface area contributed by atoms with Crippen LogP contribution in [0.3, 0.4) is 0 Å². The SMILES string of the molecule is CC[C@@H](C)NC(=O)[C@@H](C)N(Cc1ccccc1Cl)C(=O)COc1ccc(C)c(C)c1. The van der Waals surface area contributed by atoms with Gasteiger partial charge in [0.1, 0.15) is 11.8 Å². The fourth-order valence-electron chi connectivity index (χ4n) is 2.89. The lowest BCUT2D eigenvalue weighted by Crippen LogP contribution is -2.50. The van der Waals surface area contributed by atoms with Crippen LogP contribution < -0.4 is 10.1 Å². The Bertz CT molecular complexity index is 885. The summed E-state index contributed by atoms with van der Waals surface area (Å²) < 4.78 is 5.73. The molecule has 162 valence electrons. The molecule has 0 aliphatic rings. The quantitative estimate of drug-likeness (QED) is 0.629. The molecular formula is C24H31ClN2O3. The molecule has 0 fully saturated rings. The van der Waals surface area contributed by atoms with Gasteiger partial charge in [-0.05, 0) is 69.0 Å². The summed E-state index contributed by atoms with van der Waals surface area (Å²) in [4.78, 5) is 27.3. The average molecular weight is 431 g/mol.